The predicted molar refractivity (Wildman–Crippen MR) is 116 cm³/mol. The lowest BCUT2D eigenvalue weighted by atomic mass is 9.91. The monoisotopic (exact) mass is 476 g/mol. The number of hydrogen-bond acceptors (Lipinski definition) is 2. The van der Waals surface area contributed by atoms with Crippen LogP contribution < -0.4 is 4.90 Å². The van der Waals surface area contributed by atoms with Crippen LogP contribution in [-0.2, 0) is 6.42 Å². The van der Waals surface area contributed by atoms with E-state index in [4.69, 9.17) is 0 Å². The SMILES string of the molecule is CCc1ccc(C(=O)N2c3ccc(F)c(F)c3C(=Nc3ccc(F)cc3)CC2C(F)(F)F)cc1. The average Bonchev–Trinajstić information content (AvgIpc) is 2.81. The lowest BCUT2D eigenvalue weighted by Gasteiger charge is -2.38. The van der Waals surface area contributed by atoms with Gasteiger partial charge in [0.1, 0.15) is 11.9 Å². The van der Waals surface area contributed by atoms with Crippen molar-refractivity contribution in [2.45, 2.75) is 32.0 Å². The number of amides is 1. The first-order valence-corrected chi connectivity index (χ1v) is 10.4. The van der Waals surface area contributed by atoms with Crippen molar-refractivity contribution in [3.05, 3.63) is 94.8 Å². The molecule has 3 nitrogen and oxygen atoms in total. The third-order valence-electron chi connectivity index (χ3n) is 5.62. The number of alkyl halides is 3. The zero-order chi connectivity index (χ0) is 24.6. The summed E-state index contributed by atoms with van der Waals surface area (Å²) in [6.07, 6.45) is -5.14. The summed E-state index contributed by atoms with van der Waals surface area (Å²) in [5, 5.41) is 0. The molecule has 1 aliphatic heterocycles. The summed E-state index contributed by atoms with van der Waals surface area (Å²) in [5.41, 5.74) is -0.472. The third-order valence-corrected chi connectivity index (χ3v) is 5.62. The number of fused-ring (bicyclic) bond motifs is 1. The highest BCUT2D eigenvalue weighted by Crippen LogP contribution is 2.41. The smallest absolute Gasteiger partial charge is 0.295 e. The summed E-state index contributed by atoms with van der Waals surface area (Å²) in [4.78, 5) is 17.8. The number of halogens is 6. The van der Waals surface area contributed by atoms with Crippen molar-refractivity contribution in [2.75, 3.05) is 4.90 Å². The molecule has 0 N–H and O–H groups in total. The van der Waals surface area contributed by atoms with Gasteiger partial charge in [0.05, 0.1) is 22.6 Å². The Morgan fingerprint density at radius 1 is 0.971 bits per heavy atom. The molecule has 1 unspecified atom stereocenters. The van der Waals surface area contributed by atoms with Crippen LogP contribution in [0.5, 0.6) is 0 Å². The second kappa shape index (κ2) is 8.96. The minimum absolute atomic E-state index is 0.0268. The number of benzene rings is 3. The predicted octanol–water partition coefficient (Wildman–Crippen LogP) is 6.77. The topological polar surface area (TPSA) is 32.7 Å². The summed E-state index contributed by atoms with van der Waals surface area (Å²) in [6, 6.07) is 9.76. The van der Waals surface area contributed by atoms with E-state index in [1.165, 1.54) is 24.3 Å². The van der Waals surface area contributed by atoms with E-state index >= 15 is 0 Å². The zero-order valence-corrected chi connectivity index (χ0v) is 17.8. The second-order valence-corrected chi connectivity index (χ2v) is 7.78. The van der Waals surface area contributed by atoms with E-state index in [0.717, 1.165) is 23.8 Å². The third kappa shape index (κ3) is 4.42. The van der Waals surface area contributed by atoms with Crippen molar-refractivity contribution in [1.82, 2.24) is 0 Å². The highest BCUT2D eigenvalue weighted by Gasteiger charge is 2.50. The average molecular weight is 476 g/mol. The van der Waals surface area contributed by atoms with Gasteiger partial charge in [0.15, 0.2) is 11.6 Å². The standard InChI is InChI=1S/C25H18F6N2O/c1-2-14-3-5-15(6-4-14)24(34)33-20-12-11-18(27)23(28)22(20)19(13-21(33)25(29,30)31)32-17-9-7-16(26)8-10-17/h3-12,21H,2,13H2,1H3. The van der Waals surface area contributed by atoms with Gasteiger partial charge in [-0.15, -0.1) is 0 Å². The fraction of sp³-hybridized carbons (Fsp3) is 0.200. The number of aliphatic imine (C=N–C) groups is 1. The van der Waals surface area contributed by atoms with Gasteiger partial charge in [-0.25, -0.2) is 13.2 Å². The first-order valence-electron chi connectivity index (χ1n) is 10.4. The molecule has 34 heavy (non-hydrogen) atoms. The number of hydrogen-bond donors (Lipinski definition) is 0. The first-order chi connectivity index (χ1) is 16.1. The largest absolute Gasteiger partial charge is 0.409 e. The lowest BCUT2D eigenvalue weighted by Crippen LogP contribution is -2.53. The summed E-state index contributed by atoms with van der Waals surface area (Å²) in [5.74, 6) is -4.31. The van der Waals surface area contributed by atoms with Crippen molar-refractivity contribution in [2.24, 2.45) is 4.99 Å². The van der Waals surface area contributed by atoms with Gasteiger partial charge in [-0.3, -0.25) is 14.7 Å². The molecule has 176 valence electrons. The molecule has 0 fully saturated rings. The van der Waals surface area contributed by atoms with E-state index in [9.17, 15) is 31.1 Å². The van der Waals surface area contributed by atoms with Crippen molar-refractivity contribution >= 4 is 23.0 Å². The normalized spacial score (nSPS) is 17.1. The van der Waals surface area contributed by atoms with Gasteiger partial charge in [-0.1, -0.05) is 19.1 Å². The molecule has 1 atom stereocenters. The highest BCUT2D eigenvalue weighted by molar-refractivity contribution is 6.16. The molecule has 0 saturated heterocycles. The molecule has 9 heteroatoms. The van der Waals surface area contributed by atoms with E-state index < -0.39 is 59.0 Å². The van der Waals surface area contributed by atoms with Crippen molar-refractivity contribution < 1.29 is 31.1 Å². The second-order valence-electron chi connectivity index (χ2n) is 7.78. The van der Waals surface area contributed by atoms with Crippen LogP contribution in [-0.4, -0.2) is 23.8 Å². The highest BCUT2D eigenvalue weighted by atomic mass is 19.4. The maximum atomic E-state index is 14.9. The number of carbonyl (C=O) groups excluding carboxylic acids is 1. The molecular weight excluding hydrogens is 458 g/mol. The van der Waals surface area contributed by atoms with E-state index in [-0.39, 0.29) is 11.3 Å². The van der Waals surface area contributed by atoms with Gasteiger partial charge in [0, 0.05) is 12.0 Å². The van der Waals surface area contributed by atoms with Gasteiger partial charge in [0.2, 0.25) is 0 Å². The van der Waals surface area contributed by atoms with Crippen LogP contribution in [0.2, 0.25) is 0 Å². The van der Waals surface area contributed by atoms with Crippen LogP contribution in [0.15, 0.2) is 65.7 Å². The minimum Gasteiger partial charge on any atom is -0.295 e. The Bertz CT molecular complexity index is 1250. The van der Waals surface area contributed by atoms with Gasteiger partial charge in [-0.05, 0) is 60.5 Å². The van der Waals surface area contributed by atoms with E-state index in [1.54, 1.807) is 12.1 Å². The Labute approximate surface area is 191 Å². The molecule has 3 aromatic rings. The number of nitrogens with zero attached hydrogens (tertiary/aromatic N) is 2. The lowest BCUT2D eigenvalue weighted by molar-refractivity contribution is -0.146. The molecule has 1 heterocycles. The quantitative estimate of drug-likeness (QED) is 0.384. The molecule has 0 bridgehead atoms. The van der Waals surface area contributed by atoms with Crippen LogP contribution in [0, 0.1) is 17.5 Å². The fourth-order valence-electron chi connectivity index (χ4n) is 3.87. The number of aryl methyl sites for hydroxylation is 1. The van der Waals surface area contributed by atoms with Gasteiger partial charge in [0.25, 0.3) is 5.91 Å². The van der Waals surface area contributed by atoms with Gasteiger partial charge >= 0.3 is 6.18 Å². The zero-order valence-electron chi connectivity index (χ0n) is 17.8. The van der Waals surface area contributed by atoms with Crippen LogP contribution >= 0.6 is 0 Å². The van der Waals surface area contributed by atoms with Crippen molar-refractivity contribution in [3.8, 4) is 0 Å². The first kappa shape index (κ1) is 23.5. The van der Waals surface area contributed by atoms with Gasteiger partial charge in [-0.2, -0.15) is 13.2 Å². The maximum Gasteiger partial charge on any atom is 0.409 e. The van der Waals surface area contributed by atoms with E-state index in [0.29, 0.717) is 17.4 Å². The molecule has 0 radical (unpaired) electrons. The van der Waals surface area contributed by atoms with Gasteiger partial charge < -0.3 is 0 Å². The Balaban J connectivity index is 1.90. The molecule has 0 aromatic heterocycles. The summed E-state index contributed by atoms with van der Waals surface area (Å²) < 4.78 is 84.8. The molecule has 1 aliphatic rings. The molecule has 3 aromatic carbocycles. The summed E-state index contributed by atoms with van der Waals surface area (Å²) in [7, 11) is 0. The molecule has 1 amide bonds. The minimum atomic E-state index is -4.90. The van der Waals surface area contributed by atoms with Crippen LogP contribution in [0.3, 0.4) is 0 Å². The Kier molecular flexibility index (Phi) is 6.20. The Morgan fingerprint density at radius 2 is 1.62 bits per heavy atom. The number of anilines is 1. The molecule has 0 spiro atoms. The molecule has 4 rings (SSSR count). The van der Waals surface area contributed by atoms with Crippen LogP contribution in [0.1, 0.15) is 34.8 Å². The Morgan fingerprint density at radius 3 is 2.21 bits per heavy atom. The van der Waals surface area contributed by atoms with E-state index in [2.05, 4.69) is 4.99 Å². The van der Waals surface area contributed by atoms with Crippen molar-refractivity contribution in [3.63, 3.8) is 0 Å². The van der Waals surface area contributed by atoms with E-state index in [1.807, 2.05) is 6.92 Å². The summed E-state index contributed by atoms with van der Waals surface area (Å²) >= 11 is 0. The number of carbonyl (C=O) groups is 1. The number of rotatable bonds is 3. The van der Waals surface area contributed by atoms with Crippen LogP contribution in [0.25, 0.3) is 0 Å². The summed E-state index contributed by atoms with van der Waals surface area (Å²) in [6.45, 7) is 1.89. The van der Waals surface area contributed by atoms with Crippen LogP contribution in [0.4, 0.5) is 37.7 Å². The maximum absolute atomic E-state index is 14.9. The molecule has 0 aliphatic carbocycles. The molecular formula is C25H18F6N2O. The fourth-order valence-corrected chi connectivity index (χ4v) is 3.87. The Hall–Kier alpha value is -3.62. The molecule has 0 saturated carbocycles. The van der Waals surface area contributed by atoms with Crippen molar-refractivity contribution in [1.29, 1.82) is 0 Å².